The summed E-state index contributed by atoms with van der Waals surface area (Å²) < 4.78 is 105. The minimum absolute atomic E-state index is 0.208. The Morgan fingerprint density at radius 1 is 0.194 bits per heavy atom. The minimum Gasteiger partial charge on any atom is -0.394 e. The van der Waals surface area contributed by atoms with E-state index in [0.29, 0.717) is 0 Å². The van der Waals surface area contributed by atoms with Crippen molar-refractivity contribution in [2.45, 2.75) is 290 Å². The quantitative estimate of drug-likeness (QED) is 0.0346. The molecular weight excluding hydrogens is 1420 g/mol. The van der Waals surface area contributed by atoms with Crippen LogP contribution in [0.15, 0.2) is 0 Å². The summed E-state index contributed by atoms with van der Waals surface area (Å²) in [5.41, 5.74) is 0. The number of aliphatic hydroxyl groups is 28. The fraction of sp³-hybridized carbons (Fsp3) is 1.00. The first-order valence-corrected chi connectivity index (χ1v) is 33.2. The van der Waals surface area contributed by atoms with E-state index in [1.807, 2.05) is 0 Å². The maximum absolute atomic E-state index is 12.3. The van der Waals surface area contributed by atoms with Gasteiger partial charge in [0.25, 0.3) is 0 Å². The Balaban J connectivity index is 1.01. The van der Waals surface area contributed by atoms with Gasteiger partial charge < -0.3 is 228 Å². The second kappa shape index (κ2) is 37.5. The van der Waals surface area contributed by atoms with E-state index >= 15 is 0 Å². The largest absolute Gasteiger partial charge is 0.394 e. The molecule has 28 N–H and O–H groups in total. The SMILES string of the molecule is CCCOC1OC(COC2OC(COC3OC(CO)[C@@H](O)[C@H](O)[C@H]3OC3OC(CO)[C@@H](O)[C@H](O)[C@H]3O)[C@@H](O)[C@H](OC3O[C@@H](CO)[C@@H](O)C(O)C3OC3O[C@@H](CO)[C@@H](O)C(O)C3O)[C@H]2O)[C@@H](O)[C@H](OC2O[C@@H](CO)[C@@H](O)C(O)C2OC2O[C@@H](CO)[C@@H](O)C(O)C2OC2O[C@@H](CO)[C@@H](O)C(O)C2O)[C@H]1O. The van der Waals surface area contributed by atoms with E-state index in [2.05, 4.69) is 0 Å². The molecule has 602 valence electrons. The molecule has 0 radical (unpaired) electrons. The molecule has 0 spiro atoms. The molecule has 9 saturated heterocycles. The monoisotopic (exact) mass is 1520 g/mol. The number of hydrogen-bond acceptors (Lipinski definition) is 46. The molecule has 45 atom stereocenters. The van der Waals surface area contributed by atoms with Crippen molar-refractivity contribution in [2.24, 2.45) is 0 Å². The van der Waals surface area contributed by atoms with Gasteiger partial charge >= 0.3 is 0 Å². The molecule has 9 fully saturated rings. The Bertz CT molecular complexity index is 2510. The van der Waals surface area contributed by atoms with Gasteiger partial charge in [0.2, 0.25) is 0 Å². The molecule has 46 nitrogen and oxygen atoms in total. The van der Waals surface area contributed by atoms with Gasteiger partial charge in [-0.25, -0.2) is 0 Å². The van der Waals surface area contributed by atoms with E-state index in [0.717, 1.165) is 0 Å². The van der Waals surface area contributed by atoms with Crippen LogP contribution in [0.2, 0.25) is 0 Å². The minimum atomic E-state index is -2.41. The number of aliphatic hydroxyl groups excluding tert-OH is 28. The lowest BCUT2D eigenvalue weighted by Crippen LogP contribution is -2.68. The van der Waals surface area contributed by atoms with Gasteiger partial charge in [0.1, 0.15) is 220 Å². The summed E-state index contributed by atoms with van der Waals surface area (Å²) in [5.74, 6) is 0. The highest BCUT2D eigenvalue weighted by Gasteiger charge is 2.60. The Hall–Kier alpha value is -1.84. The zero-order chi connectivity index (χ0) is 75.5. The highest BCUT2D eigenvalue weighted by atomic mass is 16.8. The summed E-state index contributed by atoms with van der Waals surface area (Å²) in [4.78, 5) is 0. The molecule has 103 heavy (non-hydrogen) atoms. The van der Waals surface area contributed by atoms with E-state index in [9.17, 15) is 143 Å². The van der Waals surface area contributed by atoms with Crippen molar-refractivity contribution in [1.29, 1.82) is 0 Å². The standard InChI is InChI=1S/C57H98O46/c1-2-3-86-49-41(84)43(98-56-48(37(80)28(71)18(9-63)94-56)103-57-47(36(79)27(70)19(10-64)95-57)102-53-40(83)33(76)24(67)15(6-60)91-53)29(72)20(96-49)11-87-50-42(85)44(99-55-46(35(78)26(69)17(8-62)93-55)101-52-39(82)32(75)23(66)14(5-59)90-52)30(73)21(97-50)12-88-54-45(34(77)25(68)16(7-61)92-54)100-51-38(81)31(74)22(65)13(4-58)89-51/h13-85H,2-12H2,1H3/t13?,14-,15-,16?,17-,18-,19-,20?,21?,22+,23+,24+,25+,26+,27+,28+,29+,30+,31-,32?,33?,34-,35?,36?,37?,38+,39?,40?,41+,42+,43-,44-,45+,46?,47?,48?,49?,50?,51?,52?,53?,54?,55?,56?,57?/m0/s1. The van der Waals surface area contributed by atoms with Crippen molar-refractivity contribution in [1.82, 2.24) is 0 Å². The Morgan fingerprint density at radius 3 is 0.689 bits per heavy atom. The molecule has 0 amide bonds. The maximum Gasteiger partial charge on any atom is 0.187 e. The van der Waals surface area contributed by atoms with Crippen molar-refractivity contribution >= 4 is 0 Å². The average Bonchev–Trinajstić information content (AvgIpc) is 0.775. The molecule has 9 rings (SSSR count). The van der Waals surface area contributed by atoms with Gasteiger partial charge in [-0.2, -0.15) is 0 Å². The lowest BCUT2D eigenvalue weighted by molar-refractivity contribution is -0.405. The molecule has 0 aliphatic carbocycles. The summed E-state index contributed by atoms with van der Waals surface area (Å²) in [6.45, 7) is -7.90. The predicted molar refractivity (Wildman–Crippen MR) is 311 cm³/mol. The van der Waals surface area contributed by atoms with Gasteiger partial charge in [-0.3, -0.25) is 0 Å². The molecule has 0 bridgehead atoms. The van der Waals surface area contributed by atoms with Gasteiger partial charge in [0.15, 0.2) is 56.6 Å². The molecule has 0 aromatic carbocycles. The molecule has 9 aliphatic heterocycles. The molecule has 9 heterocycles. The van der Waals surface area contributed by atoms with Crippen molar-refractivity contribution in [2.75, 3.05) is 66.1 Å². The van der Waals surface area contributed by atoms with Crippen LogP contribution < -0.4 is 0 Å². The van der Waals surface area contributed by atoms with Crippen LogP contribution in [0.25, 0.3) is 0 Å². The van der Waals surface area contributed by atoms with Crippen LogP contribution in [-0.2, 0) is 85.3 Å². The fourth-order valence-corrected chi connectivity index (χ4v) is 13.0. The first-order valence-electron chi connectivity index (χ1n) is 33.2. The Morgan fingerprint density at radius 2 is 0.408 bits per heavy atom. The van der Waals surface area contributed by atoms with Crippen LogP contribution in [0.1, 0.15) is 13.3 Å². The highest BCUT2D eigenvalue weighted by Crippen LogP contribution is 2.39. The average molecular weight is 1520 g/mol. The lowest BCUT2D eigenvalue weighted by atomic mass is 9.95. The number of ether oxygens (including phenoxy) is 18. The first kappa shape index (κ1) is 85.2. The Kier molecular flexibility index (Phi) is 31.0. The maximum atomic E-state index is 12.3. The summed E-state index contributed by atoms with van der Waals surface area (Å²) >= 11 is 0. The van der Waals surface area contributed by atoms with Crippen LogP contribution in [-0.4, -0.2) is 485 Å². The van der Waals surface area contributed by atoms with Crippen LogP contribution in [0.3, 0.4) is 0 Å². The summed E-state index contributed by atoms with van der Waals surface area (Å²) in [5, 5.41) is 305. The van der Waals surface area contributed by atoms with Crippen molar-refractivity contribution in [3.63, 3.8) is 0 Å². The van der Waals surface area contributed by atoms with E-state index in [-0.39, 0.29) is 13.0 Å². The van der Waals surface area contributed by atoms with Crippen LogP contribution in [0, 0.1) is 0 Å². The van der Waals surface area contributed by atoms with Crippen molar-refractivity contribution in [3.8, 4) is 0 Å². The summed E-state index contributed by atoms with van der Waals surface area (Å²) in [7, 11) is 0. The zero-order valence-electron chi connectivity index (χ0n) is 54.6. The van der Waals surface area contributed by atoms with Gasteiger partial charge in [0.05, 0.1) is 59.5 Å². The lowest BCUT2D eigenvalue weighted by Gasteiger charge is -2.50. The highest BCUT2D eigenvalue weighted by molar-refractivity contribution is 5.02. The van der Waals surface area contributed by atoms with Crippen LogP contribution in [0.5, 0.6) is 0 Å². The number of hydrogen-bond donors (Lipinski definition) is 28. The van der Waals surface area contributed by atoms with Gasteiger partial charge in [-0.1, -0.05) is 6.92 Å². The van der Waals surface area contributed by atoms with Crippen LogP contribution >= 0.6 is 0 Å². The van der Waals surface area contributed by atoms with E-state index < -0.39 is 336 Å². The van der Waals surface area contributed by atoms with E-state index in [1.165, 1.54) is 0 Å². The van der Waals surface area contributed by atoms with E-state index in [1.54, 1.807) is 6.92 Å². The third kappa shape index (κ3) is 18.2. The molecule has 0 aromatic rings. The molecule has 23 unspecified atom stereocenters. The van der Waals surface area contributed by atoms with E-state index in [4.69, 9.17) is 85.3 Å². The Labute approximate surface area is 582 Å². The van der Waals surface area contributed by atoms with Gasteiger partial charge in [0, 0.05) is 6.61 Å². The molecule has 9 aliphatic rings. The fourth-order valence-electron chi connectivity index (χ4n) is 13.0. The summed E-state index contributed by atoms with van der Waals surface area (Å²) in [6, 6.07) is 0. The second-order valence-electron chi connectivity index (χ2n) is 26.1. The zero-order valence-corrected chi connectivity index (χ0v) is 54.6. The van der Waals surface area contributed by atoms with Gasteiger partial charge in [-0.05, 0) is 6.42 Å². The normalized spacial score (nSPS) is 52.5. The summed E-state index contributed by atoms with van der Waals surface area (Å²) in [6.07, 6.45) is -92.6. The second-order valence-corrected chi connectivity index (χ2v) is 26.1. The topological polar surface area (TPSA) is 733 Å². The number of rotatable bonds is 28. The van der Waals surface area contributed by atoms with Gasteiger partial charge in [-0.15, -0.1) is 0 Å². The molecule has 46 heteroatoms. The predicted octanol–water partition coefficient (Wildman–Crippen LogP) is -19.2. The smallest absolute Gasteiger partial charge is 0.187 e. The molecule has 0 saturated carbocycles. The van der Waals surface area contributed by atoms with Crippen LogP contribution in [0.4, 0.5) is 0 Å². The van der Waals surface area contributed by atoms with Crippen molar-refractivity contribution in [3.05, 3.63) is 0 Å². The molecule has 0 aromatic heterocycles. The third-order valence-electron chi connectivity index (χ3n) is 19.2. The first-order chi connectivity index (χ1) is 48.9. The molecular formula is C57H98O46. The third-order valence-corrected chi connectivity index (χ3v) is 19.2. The van der Waals surface area contributed by atoms with Crippen molar-refractivity contribution < 1.29 is 228 Å².